The topological polar surface area (TPSA) is 3.24 Å². The summed E-state index contributed by atoms with van der Waals surface area (Å²) in [4.78, 5) is 2.55. The van der Waals surface area contributed by atoms with Gasteiger partial charge in [0.25, 0.3) is 0 Å². The number of rotatable bonds is 4. The molecule has 1 saturated heterocycles. The Balaban J connectivity index is 2.63. The predicted octanol–water partition coefficient (Wildman–Crippen LogP) is 3.54. The third kappa shape index (κ3) is 5.09. The SMILES string of the molecule is C#CC=C=C/C(=C\CC)CN1CCCCC1C. The molecule has 1 unspecified atom stereocenters. The van der Waals surface area contributed by atoms with Crippen molar-refractivity contribution in [3.05, 3.63) is 29.5 Å². The average Bonchev–Trinajstić information content (AvgIpc) is 2.32. The molecule has 1 heteroatoms. The molecule has 0 aliphatic carbocycles. The quantitative estimate of drug-likeness (QED) is 0.405. The van der Waals surface area contributed by atoms with Gasteiger partial charge in [0.2, 0.25) is 0 Å². The van der Waals surface area contributed by atoms with Crippen LogP contribution in [0.5, 0.6) is 0 Å². The van der Waals surface area contributed by atoms with Crippen molar-refractivity contribution < 1.29 is 0 Å². The zero-order valence-corrected chi connectivity index (χ0v) is 11.1. The molecule has 0 spiro atoms. The van der Waals surface area contributed by atoms with Gasteiger partial charge in [0.15, 0.2) is 0 Å². The van der Waals surface area contributed by atoms with Crippen molar-refractivity contribution >= 4 is 0 Å². The Morgan fingerprint density at radius 2 is 2.29 bits per heavy atom. The predicted molar refractivity (Wildman–Crippen MR) is 74.7 cm³/mol. The van der Waals surface area contributed by atoms with Gasteiger partial charge in [0.05, 0.1) is 0 Å². The molecule has 1 atom stereocenters. The van der Waals surface area contributed by atoms with Crippen LogP contribution in [0.2, 0.25) is 0 Å². The summed E-state index contributed by atoms with van der Waals surface area (Å²) >= 11 is 0. The molecule has 0 N–H and O–H groups in total. The number of hydrogen-bond acceptors (Lipinski definition) is 1. The van der Waals surface area contributed by atoms with Crippen molar-refractivity contribution in [2.75, 3.05) is 13.1 Å². The minimum absolute atomic E-state index is 0.703. The lowest BCUT2D eigenvalue weighted by Gasteiger charge is -2.33. The second-order valence-electron chi connectivity index (χ2n) is 4.62. The molecule has 1 nitrogen and oxygen atoms in total. The van der Waals surface area contributed by atoms with Gasteiger partial charge >= 0.3 is 0 Å². The lowest BCUT2D eigenvalue weighted by Crippen LogP contribution is -2.38. The van der Waals surface area contributed by atoms with Crippen LogP contribution in [-0.4, -0.2) is 24.0 Å². The van der Waals surface area contributed by atoms with E-state index in [1.807, 2.05) is 6.08 Å². The van der Waals surface area contributed by atoms with Crippen molar-refractivity contribution in [2.24, 2.45) is 0 Å². The minimum atomic E-state index is 0.703. The zero-order chi connectivity index (χ0) is 12.5. The van der Waals surface area contributed by atoms with E-state index in [1.165, 1.54) is 31.4 Å². The number of likely N-dealkylation sites (tertiary alicyclic amines) is 1. The standard InChI is InChI=1S/C16H23N/c1-4-6-7-12-16(10-5-2)14-17-13-9-8-11-15(17)3/h1,6,10,12,15H,5,8-9,11,13-14H2,2-3H3/b16-10+. The van der Waals surface area contributed by atoms with Gasteiger partial charge in [-0.05, 0) is 44.4 Å². The molecular formula is C16H23N. The molecule has 0 aromatic carbocycles. The lowest BCUT2D eigenvalue weighted by atomic mass is 10.0. The van der Waals surface area contributed by atoms with Crippen LogP contribution >= 0.6 is 0 Å². The van der Waals surface area contributed by atoms with Crippen LogP contribution in [0.3, 0.4) is 0 Å². The first-order valence-corrected chi connectivity index (χ1v) is 6.58. The summed E-state index contributed by atoms with van der Waals surface area (Å²) in [5.74, 6) is 2.47. The lowest BCUT2D eigenvalue weighted by molar-refractivity contribution is 0.176. The molecule has 0 radical (unpaired) electrons. The monoisotopic (exact) mass is 229 g/mol. The fraction of sp³-hybridized carbons (Fsp3) is 0.562. The first-order chi connectivity index (χ1) is 8.27. The Morgan fingerprint density at radius 3 is 2.94 bits per heavy atom. The van der Waals surface area contributed by atoms with Gasteiger partial charge in [-0.1, -0.05) is 25.3 Å². The van der Waals surface area contributed by atoms with Gasteiger partial charge in [-0.2, -0.15) is 0 Å². The fourth-order valence-corrected chi connectivity index (χ4v) is 2.26. The van der Waals surface area contributed by atoms with Gasteiger partial charge in [-0.15, -0.1) is 12.2 Å². The molecule has 1 aliphatic rings. The Kier molecular flexibility index (Phi) is 6.48. The van der Waals surface area contributed by atoms with Crippen LogP contribution in [-0.2, 0) is 0 Å². The second kappa shape index (κ2) is 7.96. The first-order valence-electron chi connectivity index (χ1n) is 6.58. The van der Waals surface area contributed by atoms with Crippen molar-refractivity contribution in [1.29, 1.82) is 0 Å². The highest BCUT2D eigenvalue weighted by molar-refractivity contribution is 5.22. The number of hydrogen-bond donors (Lipinski definition) is 0. The number of terminal acetylenes is 1. The summed E-state index contributed by atoms with van der Waals surface area (Å²) in [7, 11) is 0. The maximum atomic E-state index is 5.18. The molecule has 0 aromatic rings. The van der Waals surface area contributed by atoms with Gasteiger partial charge in [-0.3, -0.25) is 4.90 Å². The molecule has 1 heterocycles. The summed E-state index contributed by atoms with van der Waals surface area (Å²) in [6.07, 6.45) is 16.2. The largest absolute Gasteiger partial charge is 0.296 e. The van der Waals surface area contributed by atoms with Crippen LogP contribution in [0.15, 0.2) is 29.5 Å². The number of piperidine rings is 1. The van der Waals surface area contributed by atoms with E-state index in [0.29, 0.717) is 6.04 Å². The minimum Gasteiger partial charge on any atom is -0.296 e. The third-order valence-corrected chi connectivity index (χ3v) is 3.23. The summed E-state index contributed by atoms with van der Waals surface area (Å²) < 4.78 is 0. The maximum Gasteiger partial charge on any atom is 0.0299 e. The molecule has 1 aliphatic heterocycles. The van der Waals surface area contributed by atoms with E-state index < -0.39 is 0 Å². The molecule has 0 amide bonds. The van der Waals surface area contributed by atoms with E-state index >= 15 is 0 Å². The van der Waals surface area contributed by atoms with Crippen LogP contribution in [0.25, 0.3) is 0 Å². The van der Waals surface area contributed by atoms with Gasteiger partial charge < -0.3 is 0 Å². The summed E-state index contributed by atoms with van der Waals surface area (Å²) in [6.45, 7) is 6.73. The molecule has 1 fully saturated rings. The average molecular weight is 229 g/mol. The van der Waals surface area contributed by atoms with E-state index in [4.69, 9.17) is 6.42 Å². The molecular weight excluding hydrogens is 206 g/mol. The normalized spacial score (nSPS) is 21.5. The maximum absolute atomic E-state index is 5.18. The summed E-state index contributed by atoms with van der Waals surface area (Å²) in [5.41, 5.74) is 4.37. The highest BCUT2D eigenvalue weighted by atomic mass is 15.2. The van der Waals surface area contributed by atoms with Crippen molar-refractivity contribution in [3.63, 3.8) is 0 Å². The highest BCUT2D eigenvalue weighted by Gasteiger charge is 2.17. The Bertz CT molecular complexity index is 350. The number of nitrogens with zero attached hydrogens (tertiary/aromatic N) is 1. The molecule has 92 valence electrons. The van der Waals surface area contributed by atoms with E-state index in [9.17, 15) is 0 Å². The molecule has 1 rings (SSSR count). The smallest absolute Gasteiger partial charge is 0.0299 e. The number of allylic oxidation sites excluding steroid dienone is 1. The Labute approximate surface area is 106 Å². The zero-order valence-electron chi connectivity index (χ0n) is 11.1. The highest BCUT2D eigenvalue weighted by Crippen LogP contribution is 2.18. The first kappa shape index (κ1) is 13.8. The molecule has 0 bridgehead atoms. The van der Waals surface area contributed by atoms with E-state index in [0.717, 1.165) is 13.0 Å². The van der Waals surface area contributed by atoms with Crippen LogP contribution in [0.4, 0.5) is 0 Å². The Morgan fingerprint density at radius 1 is 1.47 bits per heavy atom. The third-order valence-electron chi connectivity index (χ3n) is 3.23. The van der Waals surface area contributed by atoms with E-state index in [2.05, 4.69) is 36.5 Å². The molecule has 17 heavy (non-hydrogen) atoms. The fourth-order valence-electron chi connectivity index (χ4n) is 2.26. The summed E-state index contributed by atoms with van der Waals surface area (Å²) in [5, 5.41) is 0. The van der Waals surface area contributed by atoms with Gasteiger partial charge in [0, 0.05) is 18.7 Å². The Hall–Kier alpha value is -1.22. The van der Waals surface area contributed by atoms with Gasteiger partial charge in [0.1, 0.15) is 0 Å². The molecule has 0 saturated carbocycles. The second-order valence-corrected chi connectivity index (χ2v) is 4.62. The van der Waals surface area contributed by atoms with Crippen molar-refractivity contribution in [3.8, 4) is 12.3 Å². The van der Waals surface area contributed by atoms with Crippen LogP contribution in [0.1, 0.15) is 39.5 Å². The molecule has 0 aromatic heterocycles. The van der Waals surface area contributed by atoms with Crippen LogP contribution in [0, 0.1) is 12.3 Å². The van der Waals surface area contributed by atoms with Crippen molar-refractivity contribution in [2.45, 2.75) is 45.6 Å². The van der Waals surface area contributed by atoms with E-state index in [-0.39, 0.29) is 0 Å². The van der Waals surface area contributed by atoms with Crippen molar-refractivity contribution in [1.82, 2.24) is 4.90 Å². The van der Waals surface area contributed by atoms with E-state index in [1.54, 1.807) is 6.08 Å². The van der Waals surface area contributed by atoms with Gasteiger partial charge in [-0.25, -0.2) is 0 Å². The van der Waals surface area contributed by atoms with Crippen LogP contribution < -0.4 is 0 Å². The summed E-state index contributed by atoms with van der Waals surface area (Å²) in [6, 6.07) is 0.703.